The molecule has 5 nitrogen and oxygen atoms in total. The van der Waals surface area contributed by atoms with E-state index in [9.17, 15) is 14.4 Å². The molecule has 3 aromatic carbocycles. The molecule has 162 valence electrons. The summed E-state index contributed by atoms with van der Waals surface area (Å²) < 4.78 is 25.2. The van der Waals surface area contributed by atoms with Gasteiger partial charge < -0.3 is 14.8 Å². The molecule has 0 aliphatic carbocycles. The van der Waals surface area contributed by atoms with E-state index in [1.807, 2.05) is 6.07 Å². The number of nitrogens with one attached hydrogen (secondary N) is 1. The van der Waals surface area contributed by atoms with Gasteiger partial charge in [0.1, 0.15) is 35.6 Å². The molecule has 1 N–H and O–H groups in total. The molecule has 0 aliphatic heterocycles. The van der Waals surface area contributed by atoms with Crippen molar-refractivity contribution in [3.63, 3.8) is 0 Å². The van der Waals surface area contributed by atoms with Gasteiger partial charge in [0, 0.05) is 5.69 Å². The second-order valence-corrected chi connectivity index (χ2v) is 8.29. The maximum atomic E-state index is 13.0. The van der Waals surface area contributed by atoms with Crippen LogP contribution in [0.25, 0.3) is 6.08 Å². The van der Waals surface area contributed by atoms with Gasteiger partial charge in [0.2, 0.25) is 0 Å². The second kappa shape index (κ2) is 10.9. The number of methoxy groups -OCH3 is 1. The molecule has 0 spiro atoms. The number of ether oxygens (including phenoxy) is 2. The zero-order valence-corrected chi connectivity index (χ0v) is 20.0. The first-order valence-corrected chi connectivity index (χ1v) is 10.9. The SMILES string of the molecule is COc1ccc(NC(=O)/C(C#N)=C\c2cc(Br)c(OCc3ccc(F)cc3)c(Br)c2)cc1. The van der Waals surface area contributed by atoms with Gasteiger partial charge in [-0.15, -0.1) is 0 Å². The highest BCUT2D eigenvalue weighted by molar-refractivity contribution is 9.11. The first kappa shape index (κ1) is 23.5. The average Bonchev–Trinajstić information content (AvgIpc) is 2.78. The number of nitriles is 1. The summed E-state index contributed by atoms with van der Waals surface area (Å²) in [4.78, 5) is 12.5. The van der Waals surface area contributed by atoms with Crippen LogP contribution in [0.15, 0.2) is 75.2 Å². The third kappa shape index (κ3) is 6.19. The number of hydrogen-bond donors (Lipinski definition) is 1. The van der Waals surface area contributed by atoms with Gasteiger partial charge in [-0.1, -0.05) is 12.1 Å². The Kier molecular flexibility index (Phi) is 8.03. The Labute approximate surface area is 201 Å². The van der Waals surface area contributed by atoms with Crippen molar-refractivity contribution in [3.8, 4) is 17.6 Å². The van der Waals surface area contributed by atoms with E-state index in [4.69, 9.17) is 9.47 Å². The molecular weight excluding hydrogens is 543 g/mol. The van der Waals surface area contributed by atoms with Crippen molar-refractivity contribution in [2.45, 2.75) is 6.61 Å². The van der Waals surface area contributed by atoms with Crippen molar-refractivity contribution in [2.24, 2.45) is 0 Å². The quantitative estimate of drug-likeness (QED) is 0.265. The molecule has 0 aliphatic rings. The first-order valence-electron chi connectivity index (χ1n) is 9.33. The fourth-order valence-corrected chi connectivity index (χ4v) is 4.18. The van der Waals surface area contributed by atoms with Gasteiger partial charge in [-0.2, -0.15) is 5.26 Å². The van der Waals surface area contributed by atoms with E-state index < -0.39 is 5.91 Å². The number of rotatable bonds is 7. The average molecular weight is 560 g/mol. The maximum absolute atomic E-state index is 13.0. The number of amides is 1. The van der Waals surface area contributed by atoms with Crippen LogP contribution < -0.4 is 14.8 Å². The monoisotopic (exact) mass is 558 g/mol. The topological polar surface area (TPSA) is 71.3 Å². The third-order valence-electron chi connectivity index (χ3n) is 4.34. The lowest BCUT2D eigenvalue weighted by Crippen LogP contribution is -2.13. The minimum atomic E-state index is -0.526. The van der Waals surface area contributed by atoms with Crippen molar-refractivity contribution >= 4 is 49.5 Å². The minimum absolute atomic E-state index is 0.0559. The highest BCUT2D eigenvalue weighted by atomic mass is 79.9. The summed E-state index contributed by atoms with van der Waals surface area (Å²) in [6, 6.07) is 18.2. The molecule has 0 aromatic heterocycles. The largest absolute Gasteiger partial charge is 0.497 e. The summed E-state index contributed by atoms with van der Waals surface area (Å²) in [6.45, 7) is 0.250. The van der Waals surface area contributed by atoms with E-state index in [-0.39, 0.29) is 18.0 Å². The van der Waals surface area contributed by atoms with E-state index in [1.54, 1.807) is 55.6 Å². The summed E-state index contributed by atoms with van der Waals surface area (Å²) in [6.07, 6.45) is 1.48. The van der Waals surface area contributed by atoms with Gasteiger partial charge in [0.15, 0.2) is 0 Å². The van der Waals surface area contributed by atoms with E-state index >= 15 is 0 Å². The fraction of sp³-hybridized carbons (Fsp3) is 0.0833. The van der Waals surface area contributed by atoms with Crippen molar-refractivity contribution in [1.29, 1.82) is 5.26 Å². The van der Waals surface area contributed by atoms with E-state index in [1.165, 1.54) is 18.2 Å². The van der Waals surface area contributed by atoms with Gasteiger partial charge in [0.05, 0.1) is 16.1 Å². The summed E-state index contributed by atoms with van der Waals surface area (Å²) in [5.74, 6) is 0.376. The zero-order valence-electron chi connectivity index (χ0n) is 16.9. The zero-order chi connectivity index (χ0) is 23.1. The van der Waals surface area contributed by atoms with Crippen LogP contribution in [0.3, 0.4) is 0 Å². The summed E-state index contributed by atoms with van der Waals surface area (Å²) in [7, 11) is 1.56. The van der Waals surface area contributed by atoms with E-state index in [0.717, 1.165) is 5.56 Å². The molecule has 8 heteroatoms. The summed E-state index contributed by atoms with van der Waals surface area (Å²) >= 11 is 6.92. The molecule has 1 amide bonds. The summed E-state index contributed by atoms with van der Waals surface area (Å²) in [5, 5.41) is 12.2. The first-order chi connectivity index (χ1) is 15.4. The predicted molar refractivity (Wildman–Crippen MR) is 128 cm³/mol. The Morgan fingerprint density at radius 2 is 1.72 bits per heavy atom. The molecule has 3 rings (SSSR count). The minimum Gasteiger partial charge on any atom is -0.497 e. The van der Waals surface area contributed by atoms with Gasteiger partial charge in [-0.25, -0.2) is 4.39 Å². The fourth-order valence-electron chi connectivity index (χ4n) is 2.72. The summed E-state index contributed by atoms with van der Waals surface area (Å²) in [5.41, 5.74) is 1.93. The molecule has 0 radical (unpaired) electrons. The number of hydrogen-bond acceptors (Lipinski definition) is 4. The predicted octanol–water partition coefficient (Wildman–Crippen LogP) is 6.48. The normalized spacial score (nSPS) is 10.9. The van der Waals surface area contributed by atoms with Crippen LogP contribution in [0.2, 0.25) is 0 Å². The number of anilines is 1. The standard InChI is InChI=1S/C24H17Br2FN2O3/c1-31-20-8-6-19(7-9-20)29-24(30)17(13-28)10-16-11-21(25)23(22(26)12-16)32-14-15-2-4-18(27)5-3-15/h2-12H,14H2,1H3,(H,29,30)/b17-10-. The van der Waals surface area contributed by atoms with Crippen molar-refractivity contribution in [3.05, 3.63) is 92.1 Å². The third-order valence-corrected chi connectivity index (χ3v) is 5.52. The van der Waals surface area contributed by atoms with Crippen molar-refractivity contribution < 1.29 is 18.7 Å². The van der Waals surface area contributed by atoms with Gasteiger partial charge in [0.25, 0.3) is 5.91 Å². The van der Waals surface area contributed by atoms with Crippen LogP contribution in [0.1, 0.15) is 11.1 Å². The number of halogens is 3. The van der Waals surface area contributed by atoms with E-state index in [2.05, 4.69) is 37.2 Å². The van der Waals surface area contributed by atoms with Crippen LogP contribution in [0.5, 0.6) is 11.5 Å². The molecule has 32 heavy (non-hydrogen) atoms. The van der Waals surface area contributed by atoms with Crippen molar-refractivity contribution in [1.82, 2.24) is 0 Å². The van der Waals surface area contributed by atoms with Crippen molar-refractivity contribution in [2.75, 3.05) is 12.4 Å². The van der Waals surface area contributed by atoms with Gasteiger partial charge in [-0.05, 0) is 97.6 Å². The van der Waals surface area contributed by atoms with Crippen LogP contribution >= 0.6 is 31.9 Å². The Morgan fingerprint density at radius 3 is 2.28 bits per heavy atom. The number of nitrogens with zero attached hydrogens (tertiary/aromatic N) is 1. The maximum Gasteiger partial charge on any atom is 0.266 e. The molecule has 3 aromatic rings. The van der Waals surface area contributed by atoms with Crippen LogP contribution in [0.4, 0.5) is 10.1 Å². The van der Waals surface area contributed by atoms with Crippen LogP contribution in [0, 0.1) is 17.1 Å². The molecule has 0 saturated carbocycles. The van der Waals surface area contributed by atoms with Gasteiger partial charge in [-0.3, -0.25) is 4.79 Å². The smallest absolute Gasteiger partial charge is 0.266 e. The Balaban J connectivity index is 1.74. The molecule has 0 saturated heterocycles. The van der Waals surface area contributed by atoms with Crippen LogP contribution in [-0.2, 0) is 11.4 Å². The highest BCUT2D eigenvalue weighted by Gasteiger charge is 2.13. The number of carbonyl (C=O) groups is 1. The second-order valence-electron chi connectivity index (χ2n) is 6.58. The highest BCUT2D eigenvalue weighted by Crippen LogP contribution is 2.36. The Bertz CT molecular complexity index is 1160. The molecule has 0 unspecified atom stereocenters. The molecule has 0 heterocycles. The molecule has 0 atom stereocenters. The van der Waals surface area contributed by atoms with E-state index in [0.29, 0.717) is 31.7 Å². The molecular formula is C24H17Br2FN2O3. The van der Waals surface area contributed by atoms with Gasteiger partial charge >= 0.3 is 0 Å². The Morgan fingerprint density at radius 1 is 1.09 bits per heavy atom. The Hall–Kier alpha value is -3.15. The molecule has 0 fully saturated rings. The number of benzene rings is 3. The molecule has 0 bridgehead atoms. The van der Waals surface area contributed by atoms with Crippen LogP contribution in [-0.4, -0.2) is 13.0 Å². The number of carbonyl (C=O) groups excluding carboxylic acids is 1. The lowest BCUT2D eigenvalue weighted by atomic mass is 10.1. The lowest BCUT2D eigenvalue weighted by molar-refractivity contribution is -0.112. The lowest BCUT2D eigenvalue weighted by Gasteiger charge is -2.12.